The smallest absolute Gasteiger partial charge is 0.245 e. The van der Waals surface area contributed by atoms with Gasteiger partial charge in [0.15, 0.2) is 11.5 Å². The first-order chi connectivity index (χ1) is 12.7. The van der Waals surface area contributed by atoms with E-state index in [1.807, 2.05) is 28.9 Å². The molecule has 1 N–H and O–H groups in total. The maximum atomic E-state index is 5.46. The first kappa shape index (κ1) is 16.8. The zero-order chi connectivity index (χ0) is 17.9. The lowest BCUT2D eigenvalue weighted by molar-refractivity contribution is 0.122. The third-order valence-electron chi connectivity index (χ3n) is 4.57. The quantitative estimate of drug-likeness (QED) is 0.761. The Morgan fingerprint density at radius 3 is 2.65 bits per heavy atom. The molecule has 0 spiro atoms. The molecular weight excluding hydrogens is 328 g/mol. The van der Waals surface area contributed by atoms with Crippen molar-refractivity contribution in [2.75, 3.05) is 36.5 Å². The topological polar surface area (TPSA) is 67.6 Å². The molecule has 0 bridgehead atoms. The lowest BCUT2D eigenvalue weighted by Gasteiger charge is -2.27. The van der Waals surface area contributed by atoms with E-state index >= 15 is 0 Å². The van der Waals surface area contributed by atoms with Crippen LogP contribution in [0.4, 0.5) is 11.8 Å². The van der Waals surface area contributed by atoms with E-state index in [1.54, 1.807) is 0 Å². The van der Waals surface area contributed by atoms with Gasteiger partial charge < -0.3 is 15.0 Å². The van der Waals surface area contributed by atoms with Crippen molar-refractivity contribution in [3.63, 3.8) is 0 Å². The summed E-state index contributed by atoms with van der Waals surface area (Å²) in [6.07, 6.45) is 1.89. The molecule has 7 heteroatoms. The number of imidazole rings is 1. The molecule has 4 rings (SSSR count). The fourth-order valence-corrected chi connectivity index (χ4v) is 3.08. The number of morpholine rings is 1. The molecule has 26 heavy (non-hydrogen) atoms. The molecular formula is C19H24N6O. The van der Waals surface area contributed by atoms with Crippen molar-refractivity contribution >= 4 is 17.4 Å². The fourth-order valence-electron chi connectivity index (χ4n) is 3.08. The highest BCUT2D eigenvalue weighted by Crippen LogP contribution is 2.23. The van der Waals surface area contributed by atoms with Gasteiger partial charge in [-0.2, -0.15) is 4.98 Å². The minimum absolute atomic E-state index is 0.333. The van der Waals surface area contributed by atoms with Crippen LogP contribution in [0.25, 0.3) is 5.65 Å². The number of benzene rings is 1. The number of hydrogen-bond donors (Lipinski definition) is 1. The van der Waals surface area contributed by atoms with Gasteiger partial charge in [0.25, 0.3) is 0 Å². The predicted octanol–water partition coefficient (Wildman–Crippen LogP) is 2.70. The van der Waals surface area contributed by atoms with Crippen LogP contribution >= 0.6 is 0 Å². The van der Waals surface area contributed by atoms with Gasteiger partial charge in [0.05, 0.1) is 25.1 Å². The summed E-state index contributed by atoms with van der Waals surface area (Å²) >= 11 is 0. The van der Waals surface area contributed by atoms with Gasteiger partial charge >= 0.3 is 0 Å². The SMILES string of the molecule is CC(C)c1cnc2c(NCc3ccccc3)nc(N3CCOCC3)nn12. The third-order valence-corrected chi connectivity index (χ3v) is 4.57. The standard InChI is InChI=1S/C19H24N6O/c1-14(2)16-13-21-18-17(20-12-15-6-4-3-5-7-15)22-19(23-25(16)18)24-8-10-26-11-9-24/h3-7,13-14H,8-12H2,1-2H3,(H,20,22,23). The molecule has 1 aliphatic heterocycles. The van der Waals surface area contributed by atoms with E-state index in [1.165, 1.54) is 5.56 Å². The maximum Gasteiger partial charge on any atom is 0.245 e. The number of hydrogen-bond acceptors (Lipinski definition) is 6. The second-order valence-electron chi connectivity index (χ2n) is 6.77. The summed E-state index contributed by atoms with van der Waals surface area (Å²) in [5.74, 6) is 1.81. The van der Waals surface area contributed by atoms with Crippen LogP contribution in [0, 0.1) is 0 Å². The Morgan fingerprint density at radius 2 is 1.92 bits per heavy atom. The zero-order valence-corrected chi connectivity index (χ0v) is 15.2. The number of ether oxygens (including phenoxy) is 1. The van der Waals surface area contributed by atoms with Crippen LogP contribution in [0.5, 0.6) is 0 Å². The van der Waals surface area contributed by atoms with Crippen LogP contribution in [0.2, 0.25) is 0 Å². The van der Waals surface area contributed by atoms with Crippen molar-refractivity contribution in [2.45, 2.75) is 26.3 Å². The van der Waals surface area contributed by atoms with Gasteiger partial charge in [0.2, 0.25) is 5.95 Å². The van der Waals surface area contributed by atoms with Crippen molar-refractivity contribution in [2.24, 2.45) is 0 Å². The number of aromatic nitrogens is 4. The van der Waals surface area contributed by atoms with E-state index in [2.05, 4.69) is 41.2 Å². The van der Waals surface area contributed by atoms with Gasteiger partial charge in [-0.05, 0) is 11.5 Å². The second-order valence-corrected chi connectivity index (χ2v) is 6.77. The molecule has 1 aliphatic rings. The Morgan fingerprint density at radius 1 is 1.15 bits per heavy atom. The van der Waals surface area contributed by atoms with Crippen LogP contribution in [0.15, 0.2) is 36.5 Å². The highest BCUT2D eigenvalue weighted by molar-refractivity contribution is 5.64. The first-order valence-corrected chi connectivity index (χ1v) is 9.08. The van der Waals surface area contributed by atoms with Crippen molar-refractivity contribution in [3.8, 4) is 0 Å². The van der Waals surface area contributed by atoms with E-state index in [0.717, 1.165) is 36.2 Å². The highest BCUT2D eigenvalue weighted by Gasteiger charge is 2.19. The molecule has 1 fully saturated rings. The van der Waals surface area contributed by atoms with E-state index < -0.39 is 0 Å². The van der Waals surface area contributed by atoms with Crippen molar-refractivity contribution in [1.29, 1.82) is 0 Å². The summed E-state index contributed by atoms with van der Waals surface area (Å²) in [6, 6.07) is 10.3. The second kappa shape index (κ2) is 7.29. The molecule has 0 atom stereocenters. The van der Waals surface area contributed by atoms with Crippen LogP contribution in [0.3, 0.4) is 0 Å². The van der Waals surface area contributed by atoms with E-state index in [-0.39, 0.29) is 0 Å². The molecule has 0 radical (unpaired) electrons. The number of nitrogens with one attached hydrogen (secondary N) is 1. The minimum Gasteiger partial charge on any atom is -0.378 e. The van der Waals surface area contributed by atoms with E-state index in [4.69, 9.17) is 14.8 Å². The van der Waals surface area contributed by atoms with Gasteiger partial charge in [-0.3, -0.25) is 0 Å². The third kappa shape index (κ3) is 3.35. The summed E-state index contributed by atoms with van der Waals surface area (Å²) in [6.45, 7) is 8.00. The minimum atomic E-state index is 0.333. The monoisotopic (exact) mass is 352 g/mol. The Bertz CT molecular complexity index is 870. The normalized spacial score (nSPS) is 15.0. The van der Waals surface area contributed by atoms with E-state index in [9.17, 15) is 0 Å². The van der Waals surface area contributed by atoms with Gasteiger partial charge in [0, 0.05) is 19.6 Å². The molecule has 7 nitrogen and oxygen atoms in total. The average Bonchev–Trinajstić information content (AvgIpc) is 3.12. The maximum absolute atomic E-state index is 5.46. The summed E-state index contributed by atoms with van der Waals surface area (Å²) < 4.78 is 7.39. The van der Waals surface area contributed by atoms with Gasteiger partial charge in [-0.15, -0.1) is 5.10 Å². The molecule has 0 unspecified atom stereocenters. The van der Waals surface area contributed by atoms with E-state index in [0.29, 0.717) is 25.7 Å². The fraction of sp³-hybridized carbons (Fsp3) is 0.421. The predicted molar refractivity (Wildman–Crippen MR) is 102 cm³/mol. The Labute approximate surface area is 153 Å². The zero-order valence-electron chi connectivity index (χ0n) is 15.2. The molecule has 0 saturated carbocycles. The van der Waals surface area contributed by atoms with Crippen molar-refractivity contribution in [3.05, 3.63) is 47.8 Å². The Kier molecular flexibility index (Phi) is 4.71. The summed E-state index contributed by atoms with van der Waals surface area (Å²) in [4.78, 5) is 11.5. The number of fused-ring (bicyclic) bond motifs is 1. The molecule has 0 aliphatic carbocycles. The molecule has 3 heterocycles. The van der Waals surface area contributed by atoms with Gasteiger partial charge in [0.1, 0.15) is 0 Å². The number of nitrogens with zero attached hydrogens (tertiary/aromatic N) is 5. The molecule has 2 aromatic heterocycles. The van der Waals surface area contributed by atoms with Crippen LogP contribution in [-0.4, -0.2) is 45.9 Å². The highest BCUT2D eigenvalue weighted by atomic mass is 16.5. The molecule has 0 amide bonds. The first-order valence-electron chi connectivity index (χ1n) is 9.08. The Balaban J connectivity index is 1.71. The molecule has 1 aromatic carbocycles. The number of rotatable bonds is 5. The van der Waals surface area contributed by atoms with Gasteiger partial charge in [-0.1, -0.05) is 44.2 Å². The largest absolute Gasteiger partial charge is 0.378 e. The molecule has 3 aromatic rings. The van der Waals surface area contributed by atoms with Crippen LogP contribution in [0.1, 0.15) is 31.0 Å². The average molecular weight is 352 g/mol. The van der Waals surface area contributed by atoms with Crippen molar-refractivity contribution in [1.82, 2.24) is 19.6 Å². The lowest BCUT2D eigenvalue weighted by Crippen LogP contribution is -2.37. The lowest BCUT2D eigenvalue weighted by atomic mass is 10.2. The van der Waals surface area contributed by atoms with Crippen LogP contribution < -0.4 is 10.2 Å². The Hall–Kier alpha value is -2.67. The number of anilines is 2. The van der Waals surface area contributed by atoms with Crippen molar-refractivity contribution < 1.29 is 4.74 Å². The molecule has 136 valence electrons. The van der Waals surface area contributed by atoms with Gasteiger partial charge in [-0.25, -0.2) is 9.50 Å². The summed E-state index contributed by atoms with van der Waals surface area (Å²) in [7, 11) is 0. The van der Waals surface area contributed by atoms with Crippen LogP contribution in [-0.2, 0) is 11.3 Å². The molecule has 1 saturated heterocycles. The summed E-state index contributed by atoms with van der Waals surface area (Å²) in [5.41, 5.74) is 3.05. The summed E-state index contributed by atoms with van der Waals surface area (Å²) in [5, 5.41) is 8.21.